The molecule has 2 saturated heterocycles. The lowest BCUT2D eigenvalue weighted by atomic mass is 10.1. The van der Waals surface area contributed by atoms with Crippen LogP contribution in [0.15, 0.2) is 18.5 Å². The lowest BCUT2D eigenvalue weighted by molar-refractivity contribution is 0.329. The van der Waals surface area contributed by atoms with Crippen molar-refractivity contribution in [2.45, 2.75) is 38.0 Å². The van der Waals surface area contributed by atoms with Crippen molar-refractivity contribution in [2.24, 2.45) is 0 Å². The van der Waals surface area contributed by atoms with Crippen LogP contribution in [0, 0.1) is 6.92 Å². The molecule has 3 heterocycles. The van der Waals surface area contributed by atoms with Gasteiger partial charge in [-0.3, -0.25) is 9.88 Å². The summed E-state index contributed by atoms with van der Waals surface area (Å²) in [6.07, 6.45) is 6.44. The Morgan fingerprint density at radius 2 is 2.05 bits per heavy atom. The van der Waals surface area contributed by atoms with E-state index in [0.29, 0.717) is 19.6 Å². The lowest BCUT2D eigenvalue weighted by Crippen LogP contribution is -2.38. The Morgan fingerprint density at radius 1 is 1.29 bits per heavy atom. The number of pyridine rings is 1. The maximum Gasteiger partial charge on any atom is 0.218 e. The SMILES string of the molecule is Cc1ccncc1CN1CCC(S(=O)(=O)N2CCCC2)C1. The number of hydrogen-bond acceptors (Lipinski definition) is 4. The summed E-state index contributed by atoms with van der Waals surface area (Å²) in [4.78, 5) is 6.40. The van der Waals surface area contributed by atoms with Gasteiger partial charge in [0.2, 0.25) is 10.0 Å². The van der Waals surface area contributed by atoms with Crippen molar-refractivity contribution in [3.8, 4) is 0 Å². The molecule has 0 spiro atoms. The molecule has 5 nitrogen and oxygen atoms in total. The van der Waals surface area contributed by atoms with Gasteiger partial charge in [0, 0.05) is 38.6 Å². The van der Waals surface area contributed by atoms with Crippen molar-refractivity contribution < 1.29 is 8.42 Å². The predicted octanol–water partition coefficient (Wildman–Crippen LogP) is 1.39. The van der Waals surface area contributed by atoms with Gasteiger partial charge >= 0.3 is 0 Å². The average molecular weight is 309 g/mol. The lowest BCUT2D eigenvalue weighted by Gasteiger charge is -2.21. The van der Waals surface area contributed by atoms with Crippen molar-refractivity contribution in [1.29, 1.82) is 0 Å². The van der Waals surface area contributed by atoms with Gasteiger partial charge in [0.15, 0.2) is 0 Å². The zero-order chi connectivity index (χ0) is 14.9. The number of rotatable bonds is 4. The summed E-state index contributed by atoms with van der Waals surface area (Å²) < 4.78 is 26.9. The van der Waals surface area contributed by atoms with E-state index >= 15 is 0 Å². The van der Waals surface area contributed by atoms with E-state index in [-0.39, 0.29) is 5.25 Å². The predicted molar refractivity (Wildman–Crippen MR) is 82.4 cm³/mol. The smallest absolute Gasteiger partial charge is 0.218 e. The van der Waals surface area contributed by atoms with Gasteiger partial charge in [-0.25, -0.2) is 12.7 Å². The molecule has 1 unspecified atom stereocenters. The molecule has 2 aliphatic heterocycles. The van der Waals surface area contributed by atoms with Crippen LogP contribution in [0.4, 0.5) is 0 Å². The van der Waals surface area contributed by atoms with Crippen LogP contribution in [0.3, 0.4) is 0 Å². The summed E-state index contributed by atoms with van der Waals surface area (Å²) in [6, 6.07) is 2.00. The zero-order valence-corrected chi connectivity index (χ0v) is 13.3. The van der Waals surface area contributed by atoms with Crippen molar-refractivity contribution in [3.05, 3.63) is 29.6 Å². The van der Waals surface area contributed by atoms with E-state index in [1.54, 1.807) is 10.5 Å². The Balaban J connectivity index is 1.64. The Hall–Kier alpha value is -0.980. The molecule has 0 bridgehead atoms. The minimum absolute atomic E-state index is 0.229. The van der Waals surface area contributed by atoms with Gasteiger partial charge in [0.1, 0.15) is 0 Å². The molecule has 1 atom stereocenters. The van der Waals surface area contributed by atoms with E-state index in [9.17, 15) is 8.42 Å². The first-order chi connectivity index (χ1) is 10.1. The molecule has 0 radical (unpaired) electrons. The van der Waals surface area contributed by atoms with Gasteiger partial charge in [0.25, 0.3) is 0 Å². The normalized spacial score (nSPS) is 24.7. The minimum atomic E-state index is -3.10. The van der Waals surface area contributed by atoms with Gasteiger partial charge in [0.05, 0.1) is 5.25 Å². The number of nitrogens with zero attached hydrogens (tertiary/aromatic N) is 3. The highest BCUT2D eigenvalue weighted by atomic mass is 32.2. The molecule has 1 aromatic heterocycles. The fourth-order valence-corrected chi connectivity index (χ4v) is 5.23. The highest BCUT2D eigenvalue weighted by molar-refractivity contribution is 7.89. The number of aryl methyl sites for hydroxylation is 1. The summed E-state index contributed by atoms with van der Waals surface area (Å²) in [5.41, 5.74) is 2.41. The molecule has 0 amide bonds. The second kappa shape index (κ2) is 6.02. The summed E-state index contributed by atoms with van der Waals surface area (Å²) in [5, 5.41) is -0.229. The third-order valence-corrected chi connectivity index (χ3v) is 6.93. The largest absolute Gasteiger partial charge is 0.298 e. The van der Waals surface area contributed by atoms with Crippen LogP contribution in [-0.4, -0.2) is 54.0 Å². The van der Waals surface area contributed by atoms with Crippen LogP contribution in [-0.2, 0) is 16.6 Å². The van der Waals surface area contributed by atoms with E-state index < -0.39 is 10.0 Å². The van der Waals surface area contributed by atoms with E-state index in [1.165, 1.54) is 11.1 Å². The van der Waals surface area contributed by atoms with E-state index in [4.69, 9.17) is 0 Å². The van der Waals surface area contributed by atoms with Crippen molar-refractivity contribution in [1.82, 2.24) is 14.2 Å². The van der Waals surface area contributed by atoms with E-state index in [0.717, 1.165) is 32.4 Å². The van der Waals surface area contributed by atoms with Crippen LogP contribution < -0.4 is 0 Å². The molecule has 6 heteroatoms. The first-order valence-corrected chi connectivity index (χ1v) is 9.18. The maximum absolute atomic E-state index is 12.6. The monoisotopic (exact) mass is 309 g/mol. The van der Waals surface area contributed by atoms with Gasteiger partial charge in [-0.05, 0) is 49.9 Å². The molecule has 0 saturated carbocycles. The summed E-state index contributed by atoms with van der Waals surface area (Å²) >= 11 is 0. The molecular weight excluding hydrogens is 286 g/mol. The second-order valence-corrected chi connectivity index (χ2v) is 8.31. The van der Waals surface area contributed by atoms with Gasteiger partial charge in [-0.2, -0.15) is 0 Å². The Labute approximate surface area is 127 Å². The number of sulfonamides is 1. The van der Waals surface area contributed by atoms with Gasteiger partial charge in [-0.1, -0.05) is 0 Å². The molecule has 3 rings (SSSR count). The number of hydrogen-bond donors (Lipinski definition) is 0. The molecule has 2 aliphatic rings. The molecule has 0 aromatic carbocycles. The maximum atomic E-state index is 12.6. The molecule has 0 N–H and O–H groups in total. The van der Waals surface area contributed by atoms with E-state index in [2.05, 4.69) is 16.8 Å². The molecule has 2 fully saturated rings. The Kier molecular flexibility index (Phi) is 4.28. The number of aromatic nitrogens is 1. The zero-order valence-electron chi connectivity index (χ0n) is 12.5. The van der Waals surface area contributed by atoms with Crippen molar-refractivity contribution in [2.75, 3.05) is 26.2 Å². The minimum Gasteiger partial charge on any atom is -0.298 e. The van der Waals surface area contributed by atoms with Crippen LogP contribution in [0.5, 0.6) is 0 Å². The third kappa shape index (κ3) is 3.12. The summed E-state index contributed by atoms with van der Waals surface area (Å²) in [5.74, 6) is 0. The van der Waals surface area contributed by atoms with Gasteiger partial charge in [-0.15, -0.1) is 0 Å². The summed E-state index contributed by atoms with van der Waals surface area (Å²) in [7, 11) is -3.10. The molecule has 1 aromatic rings. The van der Waals surface area contributed by atoms with Crippen LogP contribution in [0.2, 0.25) is 0 Å². The summed E-state index contributed by atoms with van der Waals surface area (Å²) in [6.45, 7) is 5.79. The quantitative estimate of drug-likeness (QED) is 0.843. The molecule has 116 valence electrons. The van der Waals surface area contributed by atoms with Crippen molar-refractivity contribution >= 4 is 10.0 Å². The molecule has 0 aliphatic carbocycles. The molecular formula is C15H23N3O2S. The van der Waals surface area contributed by atoms with Gasteiger partial charge < -0.3 is 0 Å². The van der Waals surface area contributed by atoms with Crippen LogP contribution in [0.25, 0.3) is 0 Å². The van der Waals surface area contributed by atoms with Crippen LogP contribution in [0.1, 0.15) is 30.4 Å². The molecule has 21 heavy (non-hydrogen) atoms. The second-order valence-electron chi connectivity index (χ2n) is 6.10. The topological polar surface area (TPSA) is 53.5 Å². The Morgan fingerprint density at radius 3 is 2.76 bits per heavy atom. The average Bonchev–Trinajstić information content (AvgIpc) is 3.12. The highest BCUT2D eigenvalue weighted by Gasteiger charge is 2.38. The Bertz CT molecular complexity index is 597. The standard InChI is InChI=1S/C15H23N3O2S/c1-13-4-6-16-10-14(13)11-17-9-5-15(12-17)21(19,20)18-7-2-3-8-18/h4,6,10,15H,2-3,5,7-9,11-12H2,1H3. The van der Waals surface area contributed by atoms with Crippen molar-refractivity contribution in [3.63, 3.8) is 0 Å². The fraction of sp³-hybridized carbons (Fsp3) is 0.667. The first-order valence-electron chi connectivity index (χ1n) is 7.68. The first kappa shape index (κ1) is 14.9. The third-order valence-electron chi connectivity index (χ3n) is 4.62. The van der Waals surface area contributed by atoms with E-state index in [1.807, 2.05) is 12.3 Å². The number of likely N-dealkylation sites (tertiary alicyclic amines) is 1. The fourth-order valence-electron chi connectivity index (χ4n) is 3.24. The van der Waals surface area contributed by atoms with Crippen LogP contribution >= 0.6 is 0 Å². The highest BCUT2D eigenvalue weighted by Crippen LogP contribution is 2.25.